The third-order valence-electron chi connectivity index (χ3n) is 3.64. The molecule has 0 unspecified atom stereocenters. The molecule has 6 heteroatoms. The van der Waals surface area contributed by atoms with Gasteiger partial charge in [0.1, 0.15) is 23.9 Å². The third-order valence-corrected chi connectivity index (χ3v) is 3.64. The van der Waals surface area contributed by atoms with E-state index in [-0.39, 0.29) is 22.7 Å². The number of amides is 1. The smallest absolute Gasteiger partial charge is 0.257 e. The van der Waals surface area contributed by atoms with Crippen molar-refractivity contribution in [3.05, 3.63) is 70.9 Å². The lowest BCUT2D eigenvalue weighted by atomic mass is 10.1. The van der Waals surface area contributed by atoms with Crippen LogP contribution in [0.25, 0.3) is 0 Å². The quantitative estimate of drug-likeness (QED) is 0.804. The number of nitrogens with one attached hydrogen (secondary N) is 2. The first kappa shape index (κ1) is 18.3. The van der Waals surface area contributed by atoms with Gasteiger partial charge in [0.2, 0.25) is 0 Å². The van der Waals surface area contributed by atoms with Crippen LogP contribution in [-0.4, -0.2) is 5.91 Å². The number of para-hydroxylation sites is 1. The summed E-state index contributed by atoms with van der Waals surface area (Å²) >= 11 is 0. The fraction of sp³-hybridized carbons (Fsp3) is 0.100. The molecule has 6 nitrogen and oxygen atoms in total. The van der Waals surface area contributed by atoms with Gasteiger partial charge in [0, 0.05) is 5.69 Å². The predicted molar refractivity (Wildman–Crippen MR) is 97.7 cm³/mol. The van der Waals surface area contributed by atoms with Crippen molar-refractivity contribution in [3.8, 4) is 18.2 Å². The molecule has 2 aromatic rings. The summed E-state index contributed by atoms with van der Waals surface area (Å²) in [5.74, 6) is -0.370. The molecule has 0 fully saturated rings. The Morgan fingerprint density at radius 1 is 0.923 bits per heavy atom. The zero-order valence-electron chi connectivity index (χ0n) is 14.1. The molecule has 0 spiro atoms. The SMILES string of the molecule is CCc1ccc(NC(=O)c2ccccc2NC(C#N)=C(C#N)C#N)cc1. The molecule has 0 bridgehead atoms. The average molecular weight is 341 g/mol. The minimum atomic E-state index is -0.370. The molecular formula is C20H15N5O. The van der Waals surface area contributed by atoms with E-state index in [0.29, 0.717) is 11.4 Å². The molecule has 0 atom stereocenters. The minimum Gasteiger partial charge on any atom is -0.344 e. The summed E-state index contributed by atoms with van der Waals surface area (Å²) in [4.78, 5) is 12.6. The summed E-state index contributed by atoms with van der Waals surface area (Å²) in [5.41, 5.74) is 1.87. The molecule has 2 N–H and O–H groups in total. The number of benzene rings is 2. The molecule has 0 aromatic heterocycles. The summed E-state index contributed by atoms with van der Waals surface area (Å²) in [7, 11) is 0. The van der Waals surface area contributed by atoms with Crippen molar-refractivity contribution in [1.82, 2.24) is 0 Å². The van der Waals surface area contributed by atoms with Crippen LogP contribution in [0.5, 0.6) is 0 Å². The van der Waals surface area contributed by atoms with Crippen LogP contribution in [-0.2, 0) is 6.42 Å². The van der Waals surface area contributed by atoms with Crippen LogP contribution in [0.2, 0.25) is 0 Å². The van der Waals surface area contributed by atoms with Crippen molar-refractivity contribution >= 4 is 17.3 Å². The lowest BCUT2D eigenvalue weighted by Gasteiger charge is -2.12. The molecule has 126 valence electrons. The number of hydrogen-bond acceptors (Lipinski definition) is 5. The van der Waals surface area contributed by atoms with E-state index < -0.39 is 0 Å². The fourth-order valence-electron chi connectivity index (χ4n) is 2.23. The molecule has 2 aromatic carbocycles. The highest BCUT2D eigenvalue weighted by molar-refractivity contribution is 6.08. The number of nitrogens with zero attached hydrogens (tertiary/aromatic N) is 3. The van der Waals surface area contributed by atoms with Gasteiger partial charge in [-0.1, -0.05) is 31.2 Å². The van der Waals surface area contributed by atoms with E-state index in [4.69, 9.17) is 15.8 Å². The second kappa shape index (κ2) is 8.68. The first-order valence-corrected chi connectivity index (χ1v) is 7.83. The van der Waals surface area contributed by atoms with Gasteiger partial charge in [-0.05, 0) is 36.2 Å². The summed E-state index contributed by atoms with van der Waals surface area (Å²) in [6.45, 7) is 2.05. The monoisotopic (exact) mass is 341 g/mol. The highest BCUT2D eigenvalue weighted by Gasteiger charge is 2.14. The maximum absolute atomic E-state index is 12.6. The van der Waals surface area contributed by atoms with E-state index in [2.05, 4.69) is 10.6 Å². The summed E-state index contributed by atoms with van der Waals surface area (Å²) in [5, 5.41) is 32.5. The molecule has 0 heterocycles. The number of carbonyl (C=O) groups excluding carboxylic acids is 1. The Balaban J connectivity index is 2.29. The molecule has 1 amide bonds. The van der Waals surface area contributed by atoms with E-state index in [1.54, 1.807) is 42.5 Å². The summed E-state index contributed by atoms with van der Waals surface area (Å²) in [6.07, 6.45) is 0.907. The number of anilines is 2. The fourth-order valence-corrected chi connectivity index (χ4v) is 2.23. The van der Waals surface area contributed by atoms with Gasteiger partial charge in [-0.3, -0.25) is 4.79 Å². The van der Waals surface area contributed by atoms with Crippen molar-refractivity contribution in [1.29, 1.82) is 15.8 Å². The molecule has 0 aliphatic heterocycles. The highest BCUT2D eigenvalue weighted by atomic mass is 16.1. The van der Waals surface area contributed by atoms with Crippen LogP contribution in [0, 0.1) is 34.0 Å². The van der Waals surface area contributed by atoms with E-state index in [9.17, 15) is 4.79 Å². The molecule has 0 radical (unpaired) electrons. The Labute approximate surface area is 151 Å². The molecule has 0 aliphatic rings. The predicted octanol–water partition coefficient (Wildman–Crippen LogP) is 3.74. The second-order valence-electron chi connectivity index (χ2n) is 5.26. The van der Waals surface area contributed by atoms with Crippen molar-refractivity contribution in [2.24, 2.45) is 0 Å². The normalized spacial score (nSPS) is 9.15. The van der Waals surface area contributed by atoms with Crippen molar-refractivity contribution in [2.45, 2.75) is 13.3 Å². The zero-order chi connectivity index (χ0) is 18.9. The van der Waals surface area contributed by atoms with Gasteiger partial charge in [-0.25, -0.2) is 0 Å². The Kier molecular flexibility index (Phi) is 6.10. The molecule has 0 saturated carbocycles. The van der Waals surface area contributed by atoms with Gasteiger partial charge < -0.3 is 10.6 Å². The van der Waals surface area contributed by atoms with Crippen LogP contribution >= 0.6 is 0 Å². The molecule has 26 heavy (non-hydrogen) atoms. The van der Waals surface area contributed by atoms with Crippen LogP contribution in [0.3, 0.4) is 0 Å². The van der Waals surface area contributed by atoms with Gasteiger partial charge >= 0.3 is 0 Å². The van der Waals surface area contributed by atoms with Crippen molar-refractivity contribution in [2.75, 3.05) is 10.6 Å². The van der Waals surface area contributed by atoms with Gasteiger partial charge in [-0.15, -0.1) is 0 Å². The lowest BCUT2D eigenvalue weighted by Crippen LogP contribution is -2.15. The highest BCUT2D eigenvalue weighted by Crippen LogP contribution is 2.20. The van der Waals surface area contributed by atoms with E-state index in [1.807, 2.05) is 31.2 Å². The minimum absolute atomic E-state index is 0.206. The summed E-state index contributed by atoms with van der Waals surface area (Å²) in [6, 6.07) is 19.1. The molecular weight excluding hydrogens is 326 g/mol. The third kappa shape index (κ3) is 4.26. The van der Waals surface area contributed by atoms with Gasteiger partial charge in [0.05, 0.1) is 11.3 Å². The number of rotatable bonds is 5. The van der Waals surface area contributed by atoms with Gasteiger partial charge in [-0.2, -0.15) is 15.8 Å². The Bertz CT molecular complexity index is 953. The van der Waals surface area contributed by atoms with Crippen molar-refractivity contribution < 1.29 is 4.79 Å². The largest absolute Gasteiger partial charge is 0.344 e. The van der Waals surface area contributed by atoms with Gasteiger partial charge in [0.15, 0.2) is 5.57 Å². The zero-order valence-corrected chi connectivity index (χ0v) is 14.1. The maximum Gasteiger partial charge on any atom is 0.257 e. The topological polar surface area (TPSA) is 112 Å². The summed E-state index contributed by atoms with van der Waals surface area (Å²) < 4.78 is 0. The molecule has 2 rings (SSSR count). The number of hydrogen-bond donors (Lipinski definition) is 2. The average Bonchev–Trinajstić information content (AvgIpc) is 2.68. The van der Waals surface area contributed by atoms with Crippen molar-refractivity contribution in [3.63, 3.8) is 0 Å². The van der Waals surface area contributed by atoms with Crippen LogP contribution in [0.4, 0.5) is 11.4 Å². The number of aryl methyl sites for hydroxylation is 1. The van der Waals surface area contributed by atoms with E-state index in [0.717, 1.165) is 12.0 Å². The Morgan fingerprint density at radius 3 is 2.15 bits per heavy atom. The molecule has 0 saturated heterocycles. The Hall–Kier alpha value is -4.08. The van der Waals surface area contributed by atoms with Crippen LogP contribution in [0.1, 0.15) is 22.8 Å². The first-order chi connectivity index (χ1) is 12.6. The second-order valence-corrected chi connectivity index (χ2v) is 5.26. The number of allylic oxidation sites excluding steroid dienone is 2. The first-order valence-electron chi connectivity index (χ1n) is 7.83. The van der Waals surface area contributed by atoms with Gasteiger partial charge in [0.25, 0.3) is 5.91 Å². The van der Waals surface area contributed by atoms with E-state index in [1.165, 1.54) is 0 Å². The van der Waals surface area contributed by atoms with Crippen LogP contribution < -0.4 is 10.6 Å². The lowest BCUT2D eigenvalue weighted by molar-refractivity contribution is 0.102. The molecule has 0 aliphatic carbocycles. The Morgan fingerprint density at radius 2 is 1.58 bits per heavy atom. The number of carbonyl (C=O) groups is 1. The standard InChI is InChI=1S/C20H15N5O/c1-2-14-7-9-16(10-8-14)24-20(26)17-5-3-4-6-18(17)25-19(13-23)15(11-21)12-22/h3-10,25H,2H2,1H3,(H,24,26). The van der Waals surface area contributed by atoms with Crippen LogP contribution in [0.15, 0.2) is 59.8 Å². The maximum atomic E-state index is 12.6. The number of nitriles is 3. The van der Waals surface area contributed by atoms with E-state index >= 15 is 0 Å².